The summed E-state index contributed by atoms with van der Waals surface area (Å²) in [6.45, 7) is 3.17. The maximum Gasteiger partial charge on any atom is 0.236 e. The Hall–Kier alpha value is -1.35. The molecule has 1 aromatic heterocycles. The first-order chi connectivity index (χ1) is 10.2. The molecule has 1 aliphatic heterocycles. The number of hydrogen-bond donors (Lipinski definition) is 1. The molecule has 1 saturated heterocycles. The van der Waals surface area contributed by atoms with Gasteiger partial charge in [0.25, 0.3) is 0 Å². The lowest BCUT2D eigenvalue weighted by molar-refractivity contribution is -0.131. The Morgan fingerprint density at radius 2 is 2.24 bits per heavy atom. The third kappa shape index (κ3) is 5.16. The number of aliphatic hydroxyl groups is 1. The van der Waals surface area contributed by atoms with Crippen molar-refractivity contribution in [3.8, 4) is 11.8 Å². The molecular weight excluding hydrogens is 284 g/mol. The second-order valence-corrected chi connectivity index (χ2v) is 6.33. The van der Waals surface area contributed by atoms with E-state index in [0.717, 1.165) is 38.0 Å². The fraction of sp³-hybridized carbons (Fsp3) is 0.562. The summed E-state index contributed by atoms with van der Waals surface area (Å²) in [7, 11) is 1.98. The van der Waals surface area contributed by atoms with Gasteiger partial charge in [0, 0.05) is 41.9 Å². The number of nitrogens with zero attached hydrogens (tertiary/aromatic N) is 2. The van der Waals surface area contributed by atoms with Crippen LogP contribution < -0.4 is 0 Å². The van der Waals surface area contributed by atoms with Crippen molar-refractivity contribution in [2.75, 3.05) is 33.3 Å². The zero-order chi connectivity index (χ0) is 15.1. The number of carbonyl (C=O) groups excluding carboxylic acids is 1. The van der Waals surface area contributed by atoms with E-state index in [4.69, 9.17) is 5.11 Å². The highest BCUT2D eigenvalue weighted by atomic mass is 32.1. The number of hydrogen-bond acceptors (Lipinski definition) is 4. The minimum absolute atomic E-state index is 0.103. The van der Waals surface area contributed by atoms with Crippen molar-refractivity contribution in [2.24, 2.45) is 0 Å². The lowest BCUT2D eigenvalue weighted by atomic mass is 10.3. The monoisotopic (exact) mass is 306 g/mol. The number of likely N-dealkylation sites (N-methyl/N-ethyl adjacent to an activating group) is 1. The van der Waals surface area contributed by atoms with Gasteiger partial charge in [-0.15, -0.1) is 11.3 Å². The normalized spacial score (nSPS) is 14.3. The van der Waals surface area contributed by atoms with E-state index in [1.165, 1.54) is 4.88 Å². The molecule has 1 N–H and O–H groups in total. The van der Waals surface area contributed by atoms with Crippen LogP contribution in [-0.2, 0) is 11.3 Å². The number of likely N-dealkylation sites (tertiary alicyclic amines) is 1. The molecule has 0 unspecified atom stereocenters. The van der Waals surface area contributed by atoms with Gasteiger partial charge in [0.1, 0.15) is 0 Å². The molecule has 2 rings (SSSR count). The van der Waals surface area contributed by atoms with Gasteiger partial charge in [0.15, 0.2) is 0 Å². The van der Waals surface area contributed by atoms with E-state index >= 15 is 0 Å². The highest BCUT2D eigenvalue weighted by Gasteiger charge is 2.19. The van der Waals surface area contributed by atoms with Crippen molar-refractivity contribution >= 4 is 17.2 Å². The first-order valence-corrected chi connectivity index (χ1v) is 8.20. The van der Waals surface area contributed by atoms with Crippen LogP contribution in [0.5, 0.6) is 0 Å². The van der Waals surface area contributed by atoms with E-state index in [2.05, 4.69) is 22.8 Å². The Labute approximate surface area is 130 Å². The average molecular weight is 306 g/mol. The van der Waals surface area contributed by atoms with Gasteiger partial charge in [-0.3, -0.25) is 9.69 Å². The van der Waals surface area contributed by atoms with Gasteiger partial charge in [-0.05, 0) is 26.0 Å². The van der Waals surface area contributed by atoms with Crippen LogP contribution in [0.1, 0.15) is 29.7 Å². The molecule has 0 radical (unpaired) electrons. The zero-order valence-corrected chi connectivity index (χ0v) is 13.3. The number of amides is 1. The van der Waals surface area contributed by atoms with E-state index in [0.29, 0.717) is 13.0 Å². The molecule has 4 nitrogen and oxygen atoms in total. The fourth-order valence-electron chi connectivity index (χ4n) is 2.37. The van der Waals surface area contributed by atoms with E-state index in [9.17, 15) is 4.79 Å². The topological polar surface area (TPSA) is 43.8 Å². The number of carbonyl (C=O) groups is 1. The Balaban J connectivity index is 1.81. The fourth-order valence-corrected chi connectivity index (χ4v) is 3.26. The second-order valence-electron chi connectivity index (χ2n) is 5.34. The lowest BCUT2D eigenvalue weighted by Gasteiger charge is -2.20. The Bertz CT molecular complexity index is 524. The third-order valence-corrected chi connectivity index (χ3v) is 4.33. The van der Waals surface area contributed by atoms with Crippen LogP contribution in [0.25, 0.3) is 0 Å². The summed E-state index contributed by atoms with van der Waals surface area (Å²) in [5.41, 5.74) is 0.989. The van der Waals surface area contributed by atoms with Crippen molar-refractivity contribution < 1.29 is 9.90 Å². The van der Waals surface area contributed by atoms with Crippen LogP contribution in [0, 0.1) is 11.8 Å². The predicted molar refractivity (Wildman–Crippen MR) is 85.0 cm³/mol. The van der Waals surface area contributed by atoms with Crippen LogP contribution in [0.3, 0.4) is 0 Å². The number of aliphatic hydroxyl groups excluding tert-OH is 1. The van der Waals surface area contributed by atoms with E-state index in [-0.39, 0.29) is 12.5 Å². The SMILES string of the molecule is CN(CC(=O)N1CCCC1)Cc1cc(C#CCCO)cs1. The summed E-state index contributed by atoms with van der Waals surface area (Å²) in [6, 6.07) is 2.06. The van der Waals surface area contributed by atoms with Crippen LogP contribution in [0.2, 0.25) is 0 Å². The van der Waals surface area contributed by atoms with Crippen molar-refractivity contribution in [3.63, 3.8) is 0 Å². The molecular formula is C16H22N2O2S. The van der Waals surface area contributed by atoms with Gasteiger partial charge in [-0.2, -0.15) is 0 Å². The molecule has 0 aromatic carbocycles. The average Bonchev–Trinajstić information content (AvgIpc) is 3.10. The third-order valence-electron chi connectivity index (χ3n) is 3.41. The smallest absolute Gasteiger partial charge is 0.236 e. The minimum atomic E-state index is 0.103. The van der Waals surface area contributed by atoms with Crippen LogP contribution in [-0.4, -0.2) is 54.1 Å². The van der Waals surface area contributed by atoms with Gasteiger partial charge >= 0.3 is 0 Å². The van der Waals surface area contributed by atoms with E-state index in [1.807, 2.05) is 17.3 Å². The number of thiophene rings is 1. The quantitative estimate of drug-likeness (QED) is 0.839. The minimum Gasteiger partial charge on any atom is -0.395 e. The Morgan fingerprint density at radius 3 is 2.95 bits per heavy atom. The Kier molecular flexibility index (Phi) is 6.24. The van der Waals surface area contributed by atoms with E-state index in [1.54, 1.807) is 11.3 Å². The second kappa shape index (κ2) is 8.18. The molecule has 1 aliphatic rings. The van der Waals surface area contributed by atoms with Gasteiger partial charge in [-0.1, -0.05) is 11.8 Å². The molecule has 1 amide bonds. The summed E-state index contributed by atoms with van der Waals surface area (Å²) in [5.74, 6) is 6.18. The van der Waals surface area contributed by atoms with Crippen LogP contribution >= 0.6 is 11.3 Å². The first kappa shape index (κ1) is 16.0. The molecule has 2 heterocycles. The molecule has 0 atom stereocenters. The maximum absolute atomic E-state index is 12.1. The Morgan fingerprint density at radius 1 is 1.48 bits per heavy atom. The molecule has 1 aromatic rings. The van der Waals surface area contributed by atoms with Crippen molar-refractivity contribution in [2.45, 2.75) is 25.8 Å². The summed E-state index contributed by atoms with van der Waals surface area (Å²) in [4.78, 5) is 17.3. The lowest BCUT2D eigenvalue weighted by Crippen LogP contribution is -2.36. The molecule has 0 saturated carbocycles. The summed E-state index contributed by atoms with van der Waals surface area (Å²) < 4.78 is 0. The highest BCUT2D eigenvalue weighted by Crippen LogP contribution is 2.16. The van der Waals surface area contributed by atoms with Crippen LogP contribution in [0.15, 0.2) is 11.4 Å². The van der Waals surface area contributed by atoms with Crippen molar-refractivity contribution in [1.82, 2.24) is 9.80 Å². The van der Waals surface area contributed by atoms with E-state index < -0.39 is 0 Å². The first-order valence-electron chi connectivity index (χ1n) is 7.32. The van der Waals surface area contributed by atoms with Gasteiger partial charge in [0.2, 0.25) is 5.91 Å². The summed E-state index contributed by atoms with van der Waals surface area (Å²) in [5, 5.41) is 10.7. The van der Waals surface area contributed by atoms with Crippen molar-refractivity contribution in [3.05, 3.63) is 21.9 Å². The van der Waals surface area contributed by atoms with Gasteiger partial charge in [-0.25, -0.2) is 0 Å². The van der Waals surface area contributed by atoms with Crippen LogP contribution in [0.4, 0.5) is 0 Å². The highest BCUT2D eigenvalue weighted by molar-refractivity contribution is 7.10. The molecule has 0 spiro atoms. The zero-order valence-electron chi connectivity index (χ0n) is 12.5. The molecule has 0 bridgehead atoms. The number of rotatable bonds is 5. The van der Waals surface area contributed by atoms with Gasteiger partial charge in [0.05, 0.1) is 13.2 Å². The maximum atomic E-state index is 12.1. The largest absolute Gasteiger partial charge is 0.395 e. The molecule has 114 valence electrons. The van der Waals surface area contributed by atoms with Gasteiger partial charge < -0.3 is 10.0 Å². The molecule has 0 aliphatic carbocycles. The summed E-state index contributed by atoms with van der Waals surface area (Å²) >= 11 is 1.66. The standard InChI is InChI=1S/C16H22N2O2S/c1-17(12-16(20)18-7-3-4-8-18)11-15-10-14(13-21-15)6-2-5-9-19/h10,13,19H,3-5,7-9,11-12H2,1H3. The predicted octanol–water partition coefficient (Wildman–Crippen LogP) is 1.54. The van der Waals surface area contributed by atoms with Crippen molar-refractivity contribution in [1.29, 1.82) is 0 Å². The molecule has 5 heteroatoms. The molecule has 21 heavy (non-hydrogen) atoms. The molecule has 1 fully saturated rings. The summed E-state index contributed by atoms with van der Waals surface area (Å²) in [6.07, 6.45) is 2.78.